The molecule has 0 fully saturated rings. The number of hydrogen-bond donors (Lipinski definition) is 0. The molecule has 0 N–H and O–H groups in total. The Kier molecular flexibility index (Phi) is 5.06. The standard InChI is InChI=1S/C25H25N3O3/c1-17(24(29)27-15-14-18-8-5-6-9-19(18)16-27)31-25(30)23-21-12-7-13-22(21)28(26-23)20-10-3-2-4-11-20/h2-6,8-11,17H,7,12-16H2,1H3. The van der Waals surface area contributed by atoms with Crippen LogP contribution in [0, 0.1) is 0 Å². The van der Waals surface area contributed by atoms with Gasteiger partial charge in [0.2, 0.25) is 0 Å². The fourth-order valence-corrected chi connectivity index (χ4v) is 4.59. The second kappa shape index (κ2) is 8.02. The third-order valence-corrected chi connectivity index (χ3v) is 6.20. The van der Waals surface area contributed by atoms with Gasteiger partial charge in [0.1, 0.15) is 0 Å². The summed E-state index contributed by atoms with van der Waals surface area (Å²) in [7, 11) is 0. The Hall–Kier alpha value is -3.41. The molecule has 1 amide bonds. The highest BCUT2D eigenvalue weighted by Crippen LogP contribution is 2.28. The summed E-state index contributed by atoms with van der Waals surface area (Å²) in [5, 5.41) is 4.57. The van der Waals surface area contributed by atoms with E-state index in [-0.39, 0.29) is 5.91 Å². The van der Waals surface area contributed by atoms with Crippen LogP contribution < -0.4 is 0 Å². The van der Waals surface area contributed by atoms with E-state index in [0.29, 0.717) is 18.8 Å². The molecule has 1 aliphatic heterocycles. The molecule has 0 bridgehead atoms. The first kappa shape index (κ1) is 19.5. The zero-order valence-electron chi connectivity index (χ0n) is 17.6. The van der Waals surface area contributed by atoms with Crippen molar-refractivity contribution in [2.75, 3.05) is 6.54 Å². The zero-order chi connectivity index (χ0) is 21.4. The summed E-state index contributed by atoms with van der Waals surface area (Å²) < 4.78 is 7.45. The van der Waals surface area contributed by atoms with E-state index in [0.717, 1.165) is 48.2 Å². The fraction of sp³-hybridized carbons (Fsp3) is 0.320. The average molecular weight is 415 g/mol. The maximum Gasteiger partial charge on any atom is 0.359 e. The summed E-state index contributed by atoms with van der Waals surface area (Å²) in [6.45, 7) is 2.83. The molecule has 1 atom stereocenters. The van der Waals surface area contributed by atoms with Crippen LogP contribution in [0.4, 0.5) is 0 Å². The van der Waals surface area contributed by atoms with E-state index in [4.69, 9.17) is 4.74 Å². The van der Waals surface area contributed by atoms with Gasteiger partial charge in [-0.25, -0.2) is 9.48 Å². The fourth-order valence-electron chi connectivity index (χ4n) is 4.59. The number of esters is 1. The number of carbonyl (C=O) groups is 2. The molecule has 6 nitrogen and oxygen atoms in total. The van der Waals surface area contributed by atoms with Crippen molar-refractivity contribution >= 4 is 11.9 Å². The first-order valence-electron chi connectivity index (χ1n) is 10.8. The molecule has 31 heavy (non-hydrogen) atoms. The van der Waals surface area contributed by atoms with Gasteiger partial charge < -0.3 is 9.64 Å². The van der Waals surface area contributed by atoms with Crippen molar-refractivity contribution in [1.29, 1.82) is 0 Å². The van der Waals surface area contributed by atoms with E-state index in [9.17, 15) is 9.59 Å². The Morgan fingerprint density at radius 2 is 1.71 bits per heavy atom. The Balaban J connectivity index is 1.32. The molecule has 2 heterocycles. The molecular formula is C25H25N3O3. The number of aromatic nitrogens is 2. The van der Waals surface area contributed by atoms with Gasteiger partial charge in [-0.2, -0.15) is 5.10 Å². The summed E-state index contributed by atoms with van der Waals surface area (Å²) in [5.41, 5.74) is 5.69. The SMILES string of the molecule is CC(OC(=O)c1nn(-c2ccccc2)c2c1CCC2)C(=O)N1CCc2ccccc2C1. The van der Waals surface area contributed by atoms with Crippen molar-refractivity contribution in [2.45, 2.75) is 45.3 Å². The average Bonchev–Trinajstić information content (AvgIpc) is 3.41. The molecule has 0 saturated heterocycles. The first-order valence-corrected chi connectivity index (χ1v) is 10.8. The minimum absolute atomic E-state index is 0.165. The molecule has 2 aromatic carbocycles. The summed E-state index contributed by atoms with van der Waals surface area (Å²) in [4.78, 5) is 27.7. The quantitative estimate of drug-likeness (QED) is 0.612. The summed E-state index contributed by atoms with van der Waals surface area (Å²) in [6.07, 6.45) is 2.64. The maximum absolute atomic E-state index is 13.0. The number of nitrogens with zero attached hydrogens (tertiary/aromatic N) is 3. The maximum atomic E-state index is 13.0. The third kappa shape index (κ3) is 3.63. The van der Waals surface area contributed by atoms with Gasteiger partial charge in [-0.15, -0.1) is 0 Å². The smallest absolute Gasteiger partial charge is 0.359 e. The number of ether oxygens (including phenoxy) is 1. The van der Waals surface area contributed by atoms with Gasteiger partial charge in [0.25, 0.3) is 5.91 Å². The van der Waals surface area contributed by atoms with Gasteiger partial charge in [0.05, 0.1) is 5.69 Å². The monoisotopic (exact) mass is 415 g/mol. The molecule has 0 spiro atoms. The summed E-state index contributed by atoms with van der Waals surface area (Å²) in [5.74, 6) is -0.687. The van der Waals surface area contributed by atoms with Gasteiger partial charge >= 0.3 is 5.97 Å². The minimum Gasteiger partial charge on any atom is -0.448 e. The molecule has 1 unspecified atom stereocenters. The highest BCUT2D eigenvalue weighted by Gasteiger charge is 2.31. The molecule has 0 radical (unpaired) electrons. The molecule has 158 valence electrons. The van der Waals surface area contributed by atoms with Crippen LogP contribution in [0.5, 0.6) is 0 Å². The van der Waals surface area contributed by atoms with E-state index in [1.807, 2.05) is 53.2 Å². The molecular weight excluding hydrogens is 390 g/mol. The van der Waals surface area contributed by atoms with Gasteiger partial charge in [0, 0.05) is 24.3 Å². The Bertz CT molecular complexity index is 1140. The lowest BCUT2D eigenvalue weighted by atomic mass is 9.99. The molecule has 3 aromatic rings. The largest absolute Gasteiger partial charge is 0.448 e. The Morgan fingerprint density at radius 3 is 2.52 bits per heavy atom. The van der Waals surface area contributed by atoms with Crippen molar-refractivity contribution in [3.8, 4) is 5.69 Å². The van der Waals surface area contributed by atoms with Crippen LogP contribution in [-0.2, 0) is 35.3 Å². The van der Waals surface area contributed by atoms with E-state index in [2.05, 4.69) is 11.2 Å². The zero-order valence-corrected chi connectivity index (χ0v) is 17.6. The van der Waals surface area contributed by atoms with Crippen LogP contribution in [-0.4, -0.2) is 39.2 Å². The van der Waals surface area contributed by atoms with Crippen molar-refractivity contribution in [2.24, 2.45) is 0 Å². The molecule has 1 aromatic heterocycles. The van der Waals surface area contributed by atoms with E-state index in [1.165, 1.54) is 5.56 Å². The highest BCUT2D eigenvalue weighted by atomic mass is 16.5. The van der Waals surface area contributed by atoms with Crippen molar-refractivity contribution < 1.29 is 14.3 Å². The normalized spacial score (nSPS) is 15.8. The molecule has 6 heteroatoms. The van der Waals surface area contributed by atoms with E-state index >= 15 is 0 Å². The predicted octanol–water partition coefficient (Wildman–Crippen LogP) is 3.49. The lowest BCUT2D eigenvalue weighted by Gasteiger charge is -2.30. The second-order valence-corrected chi connectivity index (χ2v) is 8.20. The molecule has 1 aliphatic carbocycles. The van der Waals surface area contributed by atoms with Crippen LogP contribution in [0.15, 0.2) is 54.6 Å². The Morgan fingerprint density at radius 1 is 0.968 bits per heavy atom. The Labute approximate surface area is 181 Å². The van der Waals surface area contributed by atoms with Gasteiger partial charge in [-0.3, -0.25) is 4.79 Å². The topological polar surface area (TPSA) is 64.4 Å². The minimum atomic E-state index is -0.850. The van der Waals surface area contributed by atoms with Crippen LogP contribution in [0.25, 0.3) is 5.69 Å². The van der Waals surface area contributed by atoms with Crippen LogP contribution in [0.1, 0.15) is 46.2 Å². The first-order chi connectivity index (χ1) is 15.1. The summed E-state index contributed by atoms with van der Waals surface area (Å²) in [6, 6.07) is 18.0. The van der Waals surface area contributed by atoms with Crippen molar-refractivity contribution in [1.82, 2.24) is 14.7 Å². The lowest BCUT2D eigenvalue weighted by molar-refractivity contribution is -0.140. The van der Waals surface area contributed by atoms with E-state index in [1.54, 1.807) is 11.8 Å². The molecule has 2 aliphatic rings. The van der Waals surface area contributed by atoms with Gasteiger partial charge in [-0.1, -0.05) is 42.5 Å². The number of carbonyl (C=O) groups excluding carboxylic acids is 2. The molecule has 0 saturated carbocycles. The molecule has 5 rings (SSSR count). The third-order valence-electron chi connectivity index (χ3n) is 6.20. The number of rotatable bonds is 4. The number of amides is 1. The number of para-hydroxylation sites is 1. The van der Waals surface area contributed by atoms with Crippen LogP contribution in [0.2, 0.25) is 0 Å². The number of benzene rings is 2. The number of hydrogen-bond acceptors (Lipinski definition) is 4. The van der Waals surface area contributed by atoms with Crippen LogP contribution >= 0.6 is 0 Å². The van der Waals surface area contributed by atoms with Gasteiger partial charge in [-0.05, 0) is 55.9 Å². The van der Waals surface area contributed by atoms with Gasteiger partial charge in [0.15, 0.2) is 11.8 Å². The number of fused-ring (bicyclic) bond motifs is 2. The lowest BCUT2D eigenvalue weighted by Crippen LogP contribution is -2.42. The van der Waals surface area contributed by atoms with Crippen molar-refractivity contribution in [3.63, 3.8) is 0 Å². The van der Waals surface area contributed by atoms with Crippen molar-refractivity contribution in [3.05, 3.63) is 82.7 Å². The second-order valence-electron chi connectivity index (χ2n) is 8.20. The summed E-state index contributed by atoms with van der Waals surface area (Å²) >= 11 is 0. The highest BCUT2D eigenvalue weighted by molar-refractivity contribution is 5.92. The predicted molar refractivity (Wildman–Crippen MR) is 116 cm³/mol. The van der Waals surface area contributed by atoms with Crippen LogP contribution in [0.3, 0.4) is 0 Å². The van der Waals surface area contributed by atoms with E-state index < -0.39 is 12.1 Å².